The van der Waals surface area contributed by atoms with Crippen LogP contribution in [0, 0.1) is 11.8 Å². The Bertz CT molecular complexity index is 918. The smallest absolute Gasteiger partial charge is 0.418 e. The van der Waals surface area contributed by atoms with E-state index in [1.807, 2.05) is 65.8 Å². The fraction of sp³-hybridized carbons (Fsp3) is 0.455. The number of benzene rings is 1. The first-order valence-corrected chi connectivity index (χ1v) is 9.25. The van der Waals surface area contributed by atoms with E-state index in [0.29, 0.717) is 13.0 Å². The van der Waals surface area contributed by atoms with Gasteiger partial charge < -0.3 is 14.8 Å². The van der Waals surface area contributed by atoms with E-state index in [9.17, 15) is 9.59 Å². The van der Waals surface area contributed by atoms with Crippen molar-refractivity contribution in [1.82, 2.24) is 9.88 Å². The molecule has 0 radical (unpaired) electrons. The van der Waals surface area contributed by atoms with Crippen molar-refractivity contribution in [3.05, 3.63) is 36.0 Å². The van der Waals surface area contributed by atoms with E-state index < -0.39 is 23.4 Å². The Labute approximate surface area is 166 Å². The number of aromatic nitrogens is 1. The summed E-state index contributed by atoms with van der Waals surface area (Å²) < 4.78 is 12.1. The summed E-state index contributed by atoms with van der Waals surface area (Å²) in [7, 11) is 0. The maximum atomic E-state index is 12.3. The van der Waals surface area contributed by atoms with Gasteiger partial charge in [-0.1, -0.05) is 11.8 Å². The Morgan fingerprint density at radius 1 is 1.04 bits per heavy atom. The predicted molar refractivity (Wildman–Crippen MR) is 109 cm³/mol. The molecule has 0 aliphatic carbocycles. The molecule has 150 valence electrons. The van der Waals surface area contributed by atoms with Crippen molar-refractivity contribution >= 4 is 23.1 Å². The third kappa shape index (κ3) is 6.66. The maximum Gasteiger partial charge on any atom is 0.418 e. The van der Waals surface area contributed by atoms with Crippen LogP contribution in [0.1, 0.15) is 53.5 Å². The number of hydrogen-bond acceptors (Lipinski definition) is 4. The van der Waals surface area contributed by atoms with Gasteiger partial charge in [-0.15, -0.1) is 0 Å². The zero-order valence-electron chi connectivity index (χ0n) is 17.4. The summed E-state index contributed by atoms with van der Waals surface area (Å²) in [5.74, 6) is 6.09. The van der Waals surface area contributed by atoms with Gasteiger partial charge in [0.15, 0.2) is 0 Å². The van der Waals surface area contributed by atoms with Gasteiger partial charge in [-0.3, -0.25) is 4.57 Å². The van der Waals surface area contributed by atoms with Crippen LogP contribution in [0.4, 0.5) is 9.59 Å². The van der Waals surface area contributed by atoms with Crippen molar-refractivity contribution in [3.8, 4) is 11.8 Å². The number of hydrogen-bond donors (Lipinski definition) is 1. The molecule has 0 saturated carbocycles. The Hall–Kier alpha value is -2.94. The molecule has 1 aromatic carbocycles. The summed E-state index contributed by atoms with van der Waals surface area (Å²) in [6, 6.07) is 7.48. The number of amides is 1. The first kappa shape index (κ1) is 21.4. The molecule has 6 nitrogen and oxygen atoms in total. The molecule has 1 heterocycles. The largest absolute Gasteiger partial charge is 0.444 e. The summed E-state index contributed by atoms with van der Waals surface area (Å²) >= 11 is 0. The van der Waals surface area contributed by atoms with Crippen molar-refractivity contribution in [2.45, 2.75) is 59.2 Å². The minimum Gasteiger partial charge on any atom is -0.444 e. The van der Waals surface area contributed by atoms with Gasteiger partial charge in [0.25, 0.3) is 0 Å². The number of nitrogens with zero attached hydrogens (tertiary/aromatic N) is 1. The topological polar surface area (TPSA) is 69.6 Å². The average molecular weight is 384 g/mol. The lowest BCUT2D eigenvalue weighted by atomic mass is 10.1. The van der Waals surface area contributed by atoms with Crippen LogP contribution in [0.3, 0.4) is 0 Å². The second-order valence-corrected chi connectivity index (χ2v) is 8.42. The van der Waals surface area contributed by atoms with E-state index >= 15 is 0 Å². The van der Waals surface area contributed by atoms with Crippen molar-refractivity contribution in [2.75, 3.05) is 6.54 Å². The summed E-state index contributed by atoms with van der Waals surface area (Å²) in [6.45, 7) is 11.4. The Kier molecular flexibility index (Phi) is 6.40. The second kappa shape index (κ2) is 8.39. The minimum absolute atomic E-state index is 0.408. The normalized spacial score (nSPS) is 11.5. The Balaban J connectivity index is 1.96. The molecule has 0 fully saturated rings. The van der Waals surface area contributed by atoms with E-state index in [0.717, 1.165) is 16.5 Å². The molecule has 0 atom stereocenters. The number of alkyl carbamates (subject to hydrolysis) is 1. The van der Waals surface area contributed by atoms with Gasteiger partial charge in [-0.05, 0) is 65.8 Å². The molecular formula is C22H28N2O4. The number of carbonyl (C=O) groups is 2. The second-order valence-electron chi connectivity index (χ2n) is 8.42. The summed E-state index contributed by atoms with van der Waals surface area (Å²) in [6.07, 6.45) is 1.35. The van der Waals surface area contributed by atoms with Crippen LogP contribution in [-0.2, 0) is 9.47 Å². The lowest BCUT2D eigenvalue weighted by Crippen LogP contribution is -2.32. The van der Waals surface area contributed by atoms with Crippen molar-refractivity contribution in [3.63, 3.8) is 0 Å². The van der Waals surface area contributed by atoms with Crippen LogP contribution in [0.25, 0.3) is 10.9 Å². The van der Waals surface area contributed by atoms with Gasteiger partial charge in [-0.2, -0.15) is 0 Å². The van der Waals surface area contributed by atoms with E-state index in [2.05, 4.69) is 17.2 Å². The Morgan fingerprint density at radius 3 is 2.36 bits per heavy atom. The molecule has 1 aromatic heterocycles. The van der Waals surface area contributed by atoms with Gasteiger partial charge in [0.2, 0.25) is 0 Å². The number of fused-ring (bicyclic) bond motifs is 1. The molecule has 2 aromatic rings. The summed E-state index contributed by atoms with van der Waals surface area (Å²) in [4.78, 5) is 23.8. The molecule has 28 heavy (non-hydrogen) atoms. The summed E-state index contributed by atoms with van der Waals surface area (Å²) in [5.41, 5.74) is 0.547. The van der Waals surface area contributed by atoms with Gasteiger partial charge in [0.05, 0.1) is 5.52 Å². The van der Waals surface area contributed by atoms with E-state index in [4.69, 9.17) is 9.47 Å². The first-order chi connectivity index (χ1) is 12.9. The van der Waals surface area contributed by atoms with Gasteiger partial charge in [-0.25, -0.2) is 9.59 Å². The SMILES string of the molecule is CC(C)(C)OC(=O)NCCC#Cc1ccc2c(ccn2C(=O)OC(C)(C)C)c1. The van der Waals surface area contributed by atoms with E-state index in [1.165, 1.54) is 4.57 Å². The average Bonchev–Trinajstić information content (AvgIpc) is 2.94. The van der Waals surface area contributed by atoms with Crippen molar-refractivity contribution < 1.29 is 19.1 Å². The fourth-order valence-electron chi connectivity index (χ4n) is 2.40. The number of ether oxygens (including phenoxy) is 2. The first-order valence-electron chi connectivity index (χ1n) is 9.25. The lowest BCUT2D eigenvalue weighted by Gasteiger charge is -2.19. The molecule has 2 rings (SSSR count). The van der Waals surface area contributed by atoms with Crippen LogP contribution in [-0.4, -0.2) is 34.5 Å². The van der Waals surface area contributed by atoms with Crippen LogP contribution in [0.2, 0.25) is 0 Å². The molecule has 0 aliphatic heterocycles. The van der Waals surface area contributed by atoms with Crippen molar-refractivity contribution in [1.29, 1.82) is 0 Å². The monoisotopic (exact) mass is 384 g/mol. The standard InChI is InChI=1S/C22H28N2O4/c1-21(2,3)27-19(25)23-13-8-7-9-16-10-11-18-17(15-16)12-14-24(18)20(26)28-22(4,5)6/h10-12,14-15H,8,13H2,1-6H3,(H,23,25). The zero-order chi connectivity index (χ0) is 20.9. The van der Waals surface area contributed by atoms with Crippen LogP contribution < -0.4 is 5.32 Å². The van der Waals surface area contributed by atoms with Gasteiger partial charge in [0, 0.05) is 30.1 Å². The van der Waals surface area contributed by atoms with Gasteiger partial charge in [0.1, 0.15) is 11.2 Å². The van der Waals surface area contributed by atoms with E-state index in [1.54, 1.807) is 6.20 Å². The van der Waals surface area contributed by atoms with Gasteiger partial charge >= 0.3 is 12.2 Å². The fourth-order valence-corrected chi connectivity index (χ4v) is 2.40. The highest BCUT2D eigenvalue weighted by Crippen LogP contribution is 2.19. The highest BCUT2D eigenvalue weighted by Gasteiger charge is 2.19. The van der Waals surface area contributed by atoms with Crippen LogP contribution >= 0.6 is 0 Å². The summed E-state index contributed by atoms with van der Waals surface area (Å²) in [5, 5.41) is 3.58. The molecule has 0 bridgehead atoms. The molecule has 1 amide bonds. The van der Waals surface area contributed by atoms with E-state index in [-0.39, 0.29) is 0 Å². The predicted octanol–water partition coefficient (Wildman–Crippen LogP) is 4.69. The van der Waals surface area contributed by atoms with Crippen LogP contribution in [0.5, 0.6) is 0 Å². The highest BCUT2D eigenvalue weighted by molar-refractivity contribution is 5.90. The maximum absolute atomic E-state index is 12.3. The molecular weight excluding hydrogens is 356 g/mol. The number of rotatable bonds is 2. The molecule has 6 heteroatoms. The Morgan fingerprint density at radius 2 is 1.71 bits per heavy atom. The lowest BCUT2D eigenvalue weighted by molar-refractivity contribution is 0.0523. The number of carbonyl (C=O) groups excluding carboxylic acids is 2. The molecule has 1 N–H and O–H groups in total. The van der Waals surface area contributed by atoms with Crippen LogP contribution in [0.15, 0.2) is 30.5 Å². The third-order valence-corrected chi connectivity index (χ3v) is 3.43. The molecule has 0 aliphatic rings. The molecule has 0 spiro atoms. The quantitative estimate of drug-likeness (QED) is 0.602. The van der Waals surface area contributed by atoms with Crippen molar-refractivity contribution in [2.24, 2.45) is 0 Å². The number of nitrogens with one attached hydrogen (secondary N) is 1. The minimum atomic E-state index is -0.549. The zero-order valence-corrected chi connectivity index (χ0v) is 17.4. The highest BCUT2D eigenvalue weighted by atomic mass is 16.6. The molecule has 0 unspecified atom stereocenters. The molecule has 0 saturated heterocycles. The third-order valence-electron chi connectivity index (χ3n) is 3.43.